The van der Waals surface area contributed by atoms with Gasteiger partial charge in [-0.05, 0) is 37.1 Å². The Bertz CT molecular complexity index is 971. The lowest BCUT2D eigenvalue weighted by molar-refractivity contribution is -0.140. The molecule has 1 atom stereocenters. The molecule has 0 spiro atoms. The summed E-state index contributed by atoms with van der Waals surface area (Å²) in [5.74, 6) is -0.160. The molecule has 28 heavy (non-hydrogen) atoms. The first kappa shape index (κ1) is 18.0. The monoisotopic (exact) mass is 380 g/mol. The molecule has 3 aliphatic rings. The second-order valence-corrected chi connectivity index (χ2v) is 6.56. The summed E-state index contributed by atoms with van der Waals surface area (Å²) in [5, 5.41) is 3.27. The average molecular weight is 380 g/mol. The Morgan fingerprint density at radius 3 is 2.96 bits per heavy atom. The van der Waals surface area contributed by atoms with Crippen LogP contribution in [0.1, 0.15) is 19.4 Å². The maximum atomic E-state index is 12.6. The van der Waals surface area contributed by atoms with Crippen LogP contribution in [0.2, 0.25) is 0 Å². The zero-order valence-electron chi connectivity index (χ0n) is 15.7. The Labute approximate surface area is 162 Å². The third-order valence-electron chi connectivity index (χ3n) is 4.76. The van der Waals surface area contributed by atoms with Gasteiger partial charge in [-0.2, -0.15) is 0 Å². The topological polar surface area (TPSA) is 86.2 Å². The van der Waals surface area contributed by atoms with E-state index in [0.717, 1.165) is 11.1 Å². The van der Waals surface area contributed by atoms with Gasteiger partial charge in [0.2, 0.25) is 6.79 Å². The second-order valence-electron chi connectivity index (χ2n) is 6.56. The van der Waals surface area contributed by atoms with Crippen molar-refractivity contribution in [2.75, 3.05) is 13.4 Å². The molecule has 7 nitrogen and oxygen atoms in total. The summed E-state index contributed by atoms with van der Waals surface area (Å²) < 4.78 is 15.8. The number of rotatable bonds is 5. The Balaban J connectivity index is 1.65. The minimum Gasteiger partial charge on any atom is -0.462 e. The summed E-state index contributed by atoms with van der Waals surface area (Å²) >= 11 is 0. The van der Waals surface area contributed by atoms with Crippen LogP contribution >= 0.6 is 0 Å². The largest absolute Gasteiger partial charge is 0.462 e. The lowest BCUT2D eigenvalue weighted by Crippen LogP contribution is -2.36. The molecule has 1 aromatic rings. The Hall–Kier alpha value is -3.35. The van der Waals surface area contributed by atoms with E-state index >= 15 is 0 Å². The predicted octanol–water partition coefficient (Wildman–Crippen LogP) is 2.44. The molecule has 1 N–H and O–H groups in total. The van der Waals surface area contributed by atoms with Gasteiger partial charge in [-0.3, -0.25) is 4.79 Å². The SMILES string of the molecule is CCOC(=O)C1=C(NCc2ccc3c(c2)OCO3)C2C=CC=C(C)C2=NC1=O. The van der Waals surface area contributed by atoms with Crippen LogP contribution in [0.4, 0.5) is 0 Å². The number of hydrogen-bond acceptors (Lipinski definition) is 6. The van der Waals surface area contributed by atoms with Crippen molar-refractivity contribution in [2.24, 2.45) is 10.9 Å². The number of amides is 1. The molecule has 0 saturated carbocycles. The predicted molar refractivity (Wildman–Crippen MR) is 102 cm³/mol. The number of aliphatic imine (C=N–C) groups is 1. The summed E-state index contributed by atoms with van der Waals surface area (Å²) in [6.45, 7) is 4.39. The van der Waals surface area contributed by atoms with Gasteiger partial charge < -0.3 is 19.5 Å². The fraction of sp³-hybridized carbons (Fsp3) is 0.286. The summed E-state index contributed by atoms with van der Waals surface area (Å²) in [6.07, 6.45) is 5.72. The van der Waals surface area contributed by atoms with Gasteiger partial charge in [0, 0.05) is 12.2 Å². The van der Waals surface area contributed by atoms with E-state index in [-0.39, 0.29) is 24.9 Å². The molecule has 144 valence electrons. The van der Waals surface area contributed by atoms with E-state index in [9.17, 15) is 9.59 Å². The van der Waals surface area contributed by atoms with Crippen LogP contribution < -0.4 is 14.8 Å². The maximum Gasteiger partial charge on any atom is 0.345 e. The van der Waals surface area contributed by atoms with Crippen LogP contribution in [0.25, 0.3) is 0 Å². The molecule has 0 saturated heterocycles. The molecule has 1 amide bonds. The molecule has 1 unspecified atom stereocenters. The first-order chi connectivity index (χ1) is 13.6. The van der Waals surface area contributed by atoms with E-state index in [2.05, 4.69) is 10.3 Å². The van der Waals surface area contributed by atoms with E-state index < -0.39 is 11.9 Å². The van der Waals surface area contributed by atoms with Crippen LogP contribution in [0.5, 0.6) is 11.5 Å². The van der Waals surface area contributed by atoms with Crippen LogP contribution in [0.15, 0.2) is 58.3 Å². The number of benzene rings is 1. The quantitative estimate of drug-likeness (QED) is 0.624. The van der Waals surface area contributed by atoms with Crippen molar-refractivity contribution in [2.45, 2.75) is 20.4 Å². The lowest BCUT2D eigenvalue weighted by atomic mass is 9.85. The molecule has 2 heterocycles. The van der Waals surface area contributed by atoms with Gasteiger partial charge in [0.15, 0.2) is 11.5 Å². The Morgan fingerprint density at radius 2 is 2.14 bits per heavy atom. The first-order valence-electron chi connectivity index (χ1n) is 9.10. The molecule has 0 radical (unpaired) electrons. The fourth-order valence-corrected chi connectivity index (χ4v) is 3.41. The highest BCUT2D eigenvalue weighted by atomic mass is 16.7. The van der Waals surface area contributed by atoms with Crippen molar-refractivity contribution in [1.29, 1.82) is 0 Å². The van der Waals surface area contributed by atoms with Gasteiger partial charge >= 0.3 is 5.97 Å². The number of nitrogens with zero attached hydrogens (tertiary/aromatic N) is 1. The number of hydrogen-bond donors (Lipinski definition) is 1. The number of fused-ring (bicyclic) bond motifs is 2. The van der Waals surface area contributed by atoms with E-state index in [4.69, 9.17) is 14.2 Å². The van der Waals surface area contributed by atoms with Crippen molar-refractivity contribution in [3.8, 4) is 11.5 Å². The minimum atomic E-state index is -0.663. The van der Waals surface area contributed by atoms with E-state index in [1.54, 1.807) is 6.92 Å². The summed E-state index contributed by atoms with van der Waals surface area (Å²) in [6, 6.07) is 5.63. The summed E-state index contributed by atoms with van der Waals surface area (Å²) in [4.78, 5) is 29.2. The normalized spacial score (nSPS) is 19.8. The minimum absolute atomic E-state index is 0.0457. The fourth-order valence-electron chi connectivity index (χ4n) is 3.41. The molecular formula is C21H20N2O5. The van der Waals surface area contributed by atoms with E-state index in [1.807, 2.05) is 43.4 Å². The van der Waals surface area contributed by atoms with Crippen molar-refractivity contribution >= 4 is 17.6 Å². The number of nitrogens with one attached hydrogen (secondary N) is 1. The zero-order valence-corrected chi connectivity index (χ0v) is 15.7. The lowest BCUT2D eigenvalue weighted by Gasteiger charge is -2.28. The molecule has 4 rings (SSSR count). The molecule has 1 aromatic carbocycles. The molecule has 0 aromatic heterocycles. The van der Waals surface area contributed by atoms with E-state index in [1.165, 1.54) is 0 Å². The van der Waals surface area contributed by atoms with Crippen molar-refractivity contribution in [3.63, 3.8) is 0 Å². The second kappa shape index (κ2) is 7.34. The molecule has 0 fully saturated rings. The highest BCUT2D eigenvalue weighted by molar-refractivity contribution is 6.25. The number of dihydropyridines is 1. The van der Waals surface area contributed by atoms with E-state index in [0.29, 0.717) is 29.5 Å². The van der Waals surface area contributed by atoms with Gasteiger partial charge in [-0.1, -0.05) is 24.3 Å². The van der Waals surface area contributed by atoms with Gasteiger partial charge in [0.05, 0.1) is 18.2 Å². The zero-order chi connectivity index (χ0) is 19.7. The molecule has 7 heteroatoms. The maximum absolute atomic E-state index is 12.6. The number of carbonyl (C=O) groups is 2. The third-order valence-corrected chi connectivity index (χ3v) is 4.76. The molecule has 1 aliphatic carbocycles. The number of esters is 1. The standard InChI is InChI=1S/C21H20N2O5/c1-3-26-21(25)17-19(14-6-4-5-12(2)18(14)23-20(17)24)22-10-13-7-8-15-16(9-13)28-11-27-15/h4-9,14,22H,3,10-11H2,1-2H3. The third kappa shape index (κ3) is 3.19. The Morgan fingerprint density at radius 1 is 1.32 bits per heavy atom. The molecule has 2 aliphatic heterocycles. The molecular weight excluding hydrogens is 360 g/mol. The number of ether oxygens (including phenoxy) is 3. The number of allylic oxidation sites excluding steroid dienone is 4. The Kier molecular flexibility index (Phi) is 4.73. The van der Waals surface area contributed by atoms with Gasteiger partial charge in [-0.25, -0.2) is 9.79 Å². The van der Waals surface area contributed by atoms with Crippen molar-refractivity contribution in [3.05, 3.63) is 58.8 Å². The van der Waals surface area contributed by atoms with Gasteiger partial charge in [0.25, 0.3) is 5.91 Å². The highest BCUT2D eigenvalue weighted by Gasteiger charge is 2.36. The summed E-state index contributed by atoms with van der Waals surface area (Å²) in [7, 11) is 0. The van der Waals surface area contributed by atoms with Crippen LogP contribution in [0, 0.1) is 5.92 Å². The average Bonchev–Trinajstić information content (AvgIpc) is 3.14. The van der Waals surface area contributed by atoms with Crippen molar-refractivity contribution < 1.29 is 23.8 Å². The summed E-state index contributed by atoms with van der Waals surface area (Å²) in [5.41, 5.74) is 2.94. The van der Waals surface area contributed by atoms with Crippen LogP contribution in [-0.2, 0) is 20.9 Å². The van der Waals surface area contributed by atoms with Crippen LogP contribution in [0.3, 0.4) is 0 Å². The number of carbonyl (C=O) groups excluding carboxylic acids is 2. The smallest absolute Gasteiger partial charge is 0.345 e. The van der Waals surface area contributed by atoms with Crippen LogP contribution in [-0.4, -0.2) is 31.0 Å². The van der Waals surface area contributed by atoms with Crippen molar-refractivity contribution in [1.82, 2.24) is 5.32 Å². The first-order valence-corrected chi connectivity index (χ1v) is 9.10. The van der Waals surface area contributed by atoms with Gasteiger partial charge in [-0.15, -0.1) is 0 Å². The van der Waals surface area contributed by atoms with Gasteiger partial charge in [0.1, 0.15) is 5.57 Å². The highest BCUT2D eigenvalue weighted by Crippen LogP contribution is 2.33. The molecule has 0 bridgehead atoms.